The quantitative estimate of drug-likeness (QED) is 0.793. The van der Waals surface area contributed by atoms with Gasteiger partial charge >= 0.3 is 6.03 Å². The maximum Gasteiger partial charge on any atom is 0.317 e. The van der Waals surface area contributed by atoms with Crippen molar-refractivity contribution in [3.63, 3.8) is 0 Å². The van der Waals surface area contributed by atoms with E-state index in [4.69, 9.17) is 0 Å². The molecule has 0 aliphatic rings. The molecule has 0 saturated carbocycles. The minimum atomic E-state index is 0.00911. The number of hydrogen-bond donors (Lipinski definition) is 1. The zero-order valence-corrected chi connectivity index (χ0v) is 14.1. The maximum atomic E-state index is 12.1. The van der Waals surface area contributed by atoms with Gasteiger partial charge in [0.15, 0.2) is 0 Å². The Kier molecular flexibility index (Phi) is 7.27. The van der Waals surface area contributed by atoms with Crippen LogP contribution in [0.1, 0.15) is 57.6 Å². The van der Waals surface area contributed by atoms with Crippen molar-refractivity contribution < 1.29 is 4.79 Å². The second-order valence-corrected chi connectivity index (χ2v) is 6.12. The number of carbonyl (C=O) groups is 1. The number of carbonyl (C=O) groups excluding carboxylic acids is 1. The van der Waals surface area contributed by atoms with Gasteiger partial charge < -0.3 is 10.2 Å². The molecular formula is C18H30N2O. The first-order valence-corrected chi connectivity index (χ1v) is 8.05. The van der Waals surface area contributed by atoms with Crippen molar-refractivity contribution in [1.29, 1.82) is 0 Å². The summed E-state index contributed by atoms with van der Waals surface area (Å²) in [5.74, 6) is 1.12. The fourth-order valence-corrected chi connectivity index (χ4v) is 2.30. The van der Waals surface area contributed by atoms with Crippen LogP contribution in [0, 0.1) is 5.92 Å². The number of amides is 2. The SMILES string of the molecule is CCC(CC)CNC(=O)N(C)Cc1ccc(C(C)C)cc1. The largest absolute Gasteiger partial charge is 0.338 e. The first kappa shape index (κ1) is 17.5. The van der Waals surface area contributed by atoms with Gasteiger partial charge in [-0.3, -0.25) is 0 Å². The van der Waals surface area contributed by atoms with Gasteiger partial charge in [-0.15, -0.1) is 0 Å². The van der Waals surface area contributed by atoms with Crippen molar-refractivity contribution >= 4 is 6.03 Å². The van der Waals surface area contributed by atoms with Gasteiger partial charge in [0.25, 0.3) is 0 Å². The summed E-state index contributed by atoms with van der Waals surface area (Å²) >= 11 is 0. The van der Waals surface area contributed by atoms with Crippen molar-refractivity contribution in [2.75, 3.05) is 13.6 Å². The normalized spacial score (nSPS) is 11.0. The van der Waals surface area contributed by atoms with E-state index in [2.05, 4.69) is 57.3 Å². The Bertz CT molecular complexity index is 421. The summed E-state index contributed by atoms with van der Waals surface area (Å²) in [6.07, 6.45) is 2.22. The molecule has 0 bridgehead atoms. The Morgan fingerprint density at radius 1 is 1.14 bits per heavy atom. The molecule has 1 aromatic carbocycles. The summed E-state index contributed by atoms with van der Waals surface area (Å²) in [6.45, 7) is 10.1. The zero-order valence-electron chi connectivity index (χ0n) is 14.1. The number of benzene rings is 1. The van der Waals surface area contributed by atoms with Gasteiger partial charge in [0.1, 0.15) is 0 Å². The molecule has 118 valence electrons. The van der Waals surface area contributed by atoms with E-state index in [1.165, 1.54) is 11.1 Å². The Balaban J connectivity index is 2.48. The molecule has 21 heavy (non-hydrogen) atoms. The van der Waals surface area contributed by atoms with E-state index < -0.39 is 0 Å². The summed E-state index contributed by atoms with van der Waals surface area (Å²) in [5, 5.41) is 3.02. The van der Waals surface area contributed by atoms with Gasteiger partial charge in [-0.2, -0.15) is 0 Å². The molecule has 2 amide bonds. The van der Waals surface area contributed by atoms with Gasteiger partial charge in [0.2, 0.25) is 0 Å². The first-order chi connectivity index (χ1) is 9.97. The maximum absolute atomic E-state index is 12.1. The van der Waals surface area contributed by atoms with E-state index in [0.29, 0.717) is 18.4 Å². The van der Waals surface area contributed by atoms with Crippen LogP contribution in [-0.2, 0) is 6.54 Å². The number of rotatable bonds is 7. The third-order valence-corrected chi connectivity index (χ3v) is 4.11. The summed E-state index contributed by atoms with van der Waals surface area (Å²) in [6, 6.07) is 8.53. The van der Waals surface area contributed by atoms with E-state index in [9.17, 15) is 4.79 Å². The molecule has 3 nitrogen and oxygen atoms in total. The standard InChI is InChI=1S/C18H30N2O/c1-6-15(7-2)12-19-18(21)20(5)13-16-8-10-17(11-9-16)14(3)4/h8-11,14-15H,6-7,12-13H2,1-5H3,(H,19,21). The number of urea groups is 1. The minimum absolute atomic E-state index is 0.00911. The van der Waals surface area contributed by atoms with E-state index >= 15 is 0 Å². The third-order valence-electron chi connectivity index (χ3n) is 4.11. The molecule has 0 fully saturated rings. The highest BCUT2D eigenvalue weighted by Crippen LogP contribution is 2.15. The van der Waals surface area contributed by atoms with Gasteiger partial charge in [0, 0.05) is 20.1 Å². The molecule has 1 aromatic rings. The topological polar surface area (TPSA) is 32.3 Å². The predicted octanol–water partition coefficient (Wildman–Crippen LogP) is 4.39. The Morgan fingerprint density at radius 2 is 1.71 bits per heavy atom. The Morgan fingerprint density at radius 3 is 2.19 bits per heavy atom. The number of nitrogens with one attached hydrogen (secondary N) is 1. The molecule has 1 rings (SSSR count). The van der Waals surface area contributed by atoms with Crippen LogP contribution < -0.4 is 5.32 Å². The minimum Gasteiger partial charge on any atom is -0.338 e. The van der Waals surface area contributed by atoms with E-state index in [0.717, 1.165) is 19.4 Å². The van der Waals surface area contributed by atoms with Crippen LogP contribution >= 0.6 is 0 Å². The van der Waals surface area contributed by atoms with E-state index in [-0.39, 0.29) is 6.03 Å². The third kappa shape index (κ3) is 5.78. The lowest BCUT2D eigenvalue weighted by atomic mass is 10.0. The average Bonchev–Trinajstić information content (AvgIpc) is 2.48. The van der Waals surface area contributed by atoms with Crippen LogP contribution in [0.2, 0.25) is 0 Å². The lowest BCUT2D eigenvalue weighted by Gasteiger charge is -2.20. The van der Waals surface area contributed by atoms with Crippen LogP contribution in [0.5, 0.6) is 0 Å². The van der Waals surface area contributed by atoms with Crippen LogP contribution in [0.4, 0.5) is 4.79 Å². The van der Waals surface area contributed by atoms with Gasteiger partial charge in [0.05, 0.1) is 0 Å². The fraction of sp³-hybridized carbons (Fsp3) is 0.611. The molecule has 0 heterocycles. The molecular weight excluding hydrogens is 260 g/mol. The highest BCUT2D eigenvalue weighted by Gasteiger charge is 2.11. The smallest absolute Gasteiger partial charge is 0.317 e. The second-order valence-electron chi connectivity index (χ2n) is 6.12. The average molecular weight is 290 g/mol. The van der Waals surface area contributed by atoms with Crippen molar-refractivity contribution in [2.24, 2.45) is 5.92 Å². The Labute approximate surface area is 129 Å². The molecule has 0 atom stereocenters. The van der Waals surface area contributed by atoms with Crippen LogP contribution in [-0.4, -0.2) is 24.5 Å². The second kappa shape index (κ2) is 8.71. The zero-order chi connectivity index (χ0) is 15.8. The highest BCUT2D eigenvalue weighted by molar-refractivity contribution is 5.73. The first-order valence-electron chi connectivity index (χ1n) is 8.05. The number of nitrogens with zero attached hydrogens (tertiary/aromatic N) is 1. The monoisotopic (exact) mass is 290 g/mol. The fourth-order valence-electron chi connectivity index (χ4n) is 2.30. The van der Waals surface area contributed by atoms with Crippen molar-refractivity contribution in [3.05, 3.63) is 35.4 Å². The predicted molar refractivity (Wildman–Crippen MR) is 89.5 cm³/mol. The van der Waals surface area contributed by atoms with Crippen molar-refractivity contribution in [1.82, 2.24) is 10.2 Å². The van der Waals surface area contributed by atoms with Gasteiger partial charge in [-0.25, -0.2) is 4.79 Å². The lowest BCUT2D eigenvalue weighted by Crippen LogP contribution is -2.39. The van der Waals surface area contributed by atoms with E-state index in [1.54, 1.807) is 4.90 Å². The van der Waals surface area contributed by atoms with Gasteiger partial charge in [-0.05, 0) is 23.0 Å². The summed E-state index contributed by atoms with van der Waals surface area (Å²) in [5.41, 5.74) is 2.50. The molecule has 0 aliphatic carbocycles. The lowest BCUT2D eigenvalue weighted by molar-refractivity contribution is 0.204. The molecule has 0 saturated heterocycles. The number of hydrogen-bond acceptors (Lipinski definition) is 1. The van der Waals surface area contributed by atoms with Gasteiger partial charge in [-0.1, -0.05) is 64.8 Å². The molecule has 0 unspecified atom stereocenters. The molecule has 0 aromatic heterocycles. The molecule has 3 heteroatoms. The van der Waals surface area contributed by atoms with Crippen molar-refractivity contribution in [3.8, 4) is 0 Å². The molecule has 0 radical (unpaired) electrons. The van der Waals surface area contributed by atoms with Crippen molar-refractivity contribution in [2.45, 2.75) is 53.0 Å². The van der Waals surface area contributed by atoms with Crippen LogP contribution in [0.3, 0.4) is 0 Å². The summed E-state index contributed by atoms with van der Waals surface area (Å²) < 4.78 is 0. The molecule has 1 N–H and O–H groups in total. The summed E-state index contributed by atoms with van der Waals surface area (Å²) in [4.78, 5) is 13.8. The highest BCUT2D eigenvalue weighted by atomic mass is 16.2. The molecule has 0 aliphatic heterocycles. The Hall–Kier alpha value is -1.51. The molecule has 0 spiro atoms. The summed E-state index contributed by atoms with van der Waals surface area (Å²) in [7, 11) is 1.85. The van der Waals surface area contributed by atoms with E-state index in [1.807, 2.05) is 7.05 Å². The van der Waals surface area contributed by atoms with Crippen LogP contribution in [0.15, 0.2) is 24.3 Å². The van der Waals surface area contributed by atoms with Crippen LogP contribution in [0.25, 0.3) is 0 Å².